The molecule has 0 unspecified atom stereocenters. The molecule has 0 saturated carbocycles. The molecule has 1 amide bonds. The lowest BCUT2D eigenvalue weighted by molar-refractivity contribution is -0.116. The summed E-state index contributed by atoms with van der Waals surface area (Å²) in [7, 11) is 1.62. The Kier molecular flexibility index (Phi) is 5.48. The molecule has 0 bridgehead atoms. The van der Waals surface area contributed by atoms with E-state index in [1.807, 2.05) is 24.3 Å². The minimum atomic E-state index is -0.106. The van der Waals surface area contributed by atoms with Gasteiger partial charge in [0.2, 0.25) is 5.91 Å². The van der Waals surface area contributed by atoms with Crippen LogP contribution in [-0.4, -0.2) is 13.0 Å². The number of ether oxygens (including phenoxy) is 1. The number of hydrogen-bond donors (Lipinski definition) is 1. The lowest BCUT2D eigenvalue weighted by atomic mass is 10.1. The molecule has 0 spiro atoms. The van der Waals surface area contributed by atoms with Crippen LogP contribution in [0.15, 0.2) is 42.5 Å². The van der Waals surface area contributed by atoms with Gasteiger partial charge in [0.25, 0.3) is 0 Å². The van der Waals surface area contributed by atoms with Crippen LogP contribution in [0.5, 0.6) is 5.75 Å². The Hall–Kier alpha value is -1.71. The summed E-state index contributed by atoms with van der Waals surface area (Å²) < 4.78 is 5.26. The molecule has 5 heteroatoms. The average Bonchev–Trinajstić information content (AvgIpc) is 2.48. The van der Waals surface area contributed by atoms with Gasteiger partial charge in [-0.3, -0.25) is 4.79 Å². The maximum atomic E-state index is 12.0. The molecular weight excluding hydrogens is 309 g/mol. The van der Waals surface area contributed by atoms with E-state index in [0.29, 0.717) is 28.6 Å². The quantitative estimate of drug-likeness (QED) is 0.875. The summed E-state index contributed by atoms with van der Waals surface area (Å²) in [6.07, 6.45) is 0.945. The Labute approximate surface area is 133 Å². The van der Waals surface area contributed by atoms with Crippen molar-refractivity contribution in [1.82, 2.24) is 0 Å². The predicted octanol–water partition coefficient (Wildman–Crippen LogP) is 4.57. The topological polar surface area (TPSA) is 38.3 Å². The first-order chi connectivity index (χ1) is 10.1. The average molecular weight is 324 g/mol. The third kappa shape index (κ3) is 4.38. The zero-order valence-electron chi connectivity index (χ0n) is 11.5. The smallest absolute Gasteiger partial charge is 0.224 e. The van der Waals surface area contributed by atoms with Gasteiger partial charge in [-0.1, -0.05) is 41.4 Å². The fraction of sp³-hybridized carbons (Fsp3) is 0.188. The number of benzene rings is 2. The van der Waals surface area contributed by atoms with E-state index in [1.165, 1.54) is 0 Å². The van der Waals surface area contributed by atoms with Gasteiger partial charge in [-0.2, -0.15) is 0 Å². The highest BCUT2D eigenvalue weighted by Gasteiger charge is 2.08. The highest BCUT2D eigenvalue weighted by Crippen LogP contribution is 2.25. The van der Waals surface area contributed by atoms with Crippen LogP contribution in [0, 0.1) is 0 Å². The maximum Gasteiger partial charge on any atom is 0.224 e. The molecular formula is C16H15Cl2NO2. The van der Waals surface area contributed by atoms with E-state index in [9.17, 15) is 4.79 Å². The van der Waals surface area contributed by atoms with Crippen molar-refractivity contribution in [3.8, 4) is 5.75 Å². The van der Waals surface area contributed by atoms with Crippen molar-refractivity contribution >= 4 is 34.8 Å². The second-order valence-corrected chi connectivity index (χ2v) is 5.33. The number of amides is 1. The first-order valence-corrected chi connectivity index (χ1v) is 7.22. The minimum absolute atomic E-state index is 0.106. The highest BCUT2D eigenvalue weighted by atomic mass is 35.5. The monoisotopic (exact) mass is 323 g/mol. The fourth-order valence-corrected chi connectivity index (χ4v) is 2.42. The number of hydrogen-bond acceptors (Lipinski definition) is 2. The molecule has 110 valence electrons. The maximum absolute atomic E-state index is 12.0. The Morgan fingerprint density at radius 3 is 2.67 bits per heavy atom. The standard InChI is InChI=1S/C16H15Cl2NO2/c1-21-15-5-3-2-4-11(15)6-9-16(20)19-14-8-7-12(17)10-13(14)18/h2-5,7-8,10H,6,9H2,1H3,(H,19,20). The molecule has 0 radical (unpaired) electrons. The number of halogens is 2. The highest BCUT2D eigenvalue weighted by molar-refractivity contribution is 6.36. The van der Waals surface area contributed by atoms with Crippen LogP contribution < -0.4 is 10.1 Å². The van der Waals surface area contributed by atoms with Crippen molar-refractivity contribution in [2.24, 2.45) is 0 Å². The van der Waals surface area contributed by atoms with Crippen molar-refractivity contribution in [3.63, 3.8) is 0 Å². The molecule has 2 rings (SSSR count). The van der Waals surface area contributed by atoms with Crippen LogP contribution in [0.4, 0.5) is 5.69 Å². The van der Waals surface area contributed by atoms with Gasteiger partial charge in [0.05, 0.1) is 17.8 Å². The fourth-order valence-electron chi connectivity index (χ4n) is 1.96. The summed E-state index contributed by atoms with van der Waals surface area (Å²) in [4.78, 5) is 12.0. The Balaban J connectivity index is 1.96. The largest absolute Gasteiger partial charge is 0.496 e. The first-order valence-electron chi connectivity index (χ1n) is 6.47. The van der Waals surface area contributed by atoms with Gasteiger partial charge in [-0.15, -0.1) is 0 Å². The lowest BCUT2D eigenvalue weighted by Crippen LogP contribution is -2.12. The van der Waals surface area contributed by atoms with E-state index in [-0.39, 0.29) is 5.91 Å². The van der Waals surface area contributed by atoms with E-state index < -0.39 is 0 Å². The summed E-state index contributed by atoms with van der Waals surface area (Å²) in [5, 5.41) is 3.73. The van der Waals surface area contributed by atoms with E-state index in [2.05, 4.69) is 5.32 Å². The molecule has 1 N–H and O–H groups in total. The number of anilines is 1. The molecule has 2 aromatic carbocycles. The van der Waals surface area contributed by atoms with Crippen molar-refractivity contribution in [2.45, 2.75) is 12.8 Å². The molecule has 0 aliphatic carbocycles. The van der Waals surface area contributed by atoms with Crippen LogP contribution in [0.2, 0.25) is 10.0 Å². The molecule has 3 nitrogen and oxygen atoms in total. The number of rotatable bonds is 5. The van der Waals surface area contributed by atoms with Gasteiger partial charge in [-0.25, -0.2) is 0 Å². The van der Waals surface area contributed by atoms with Crippen molar-refractivity contribution in [2.75, 3.05) is 12.4 Å². The summed E-state index contributed by atoms with van der Waals surface area (Å²) >= 11 is 11.8. The molecule has 0 fully saturated rings. The summed E-state index contributed by atoms with van der Waals surface area (Å²) in [6, 6.07) is 12.6. The zero-order valence-corrected chi connectivity index (χ0v) is 13.0. The molecule has 0 saturated heterocycles. The SMILES string of the molecule is COc1ccccc1CCC(=O)Nc1ccc(Cl)cc1Cl. The van der Waals surface area contributed by atoms with Gasteiger partial charge in [-0.05, 0) is 36.2 Å². The zero-order chi connectivity index (χ0) is 15.2. The second-order valence-electron chi connectivity index (χ2n) is 4.48. The molecule has 21 heavy (non-hydrogen) atoms. The molecule has 0 aromatic heterocycles. The van der Waals surface area contributed by atoms with Gasteiger partial charge < -0.3 is 10.1 Å². The number of carbonyl (C=O) groups excluding carboxylic acids is 1. The molecule has 2 aromatic rings. The molecule has 0 heterocycles. The van der Waals surface area contributed by atoms with E-state index >= 15 is 0 Å². The minimum Gasteiger partial charge on any atom is -0.496 e. The van der Waals surface area contributed by atoms with Crippen molar-refractivity contribution in [3.05, 3.63) is 58.1 Å². The van der Waals surface area contributed by atoms with Crippen LogP contribution in [0.1, 0.15) is 12.0 Å². The van der Waals surface area contributed by atoms with Crippen LogP contribution in [-0.2, 0) is 11.2 Å². The predicted molar refractivity (Wildman–Crippen MR) is 86.4 cm³/mol. The Morgan fingerprint density at radius 2 is 1.95 bits per heavy atom. The number of carbonyl (C=O) groups is 1. The number of methoxy groups -OCH3 is 1. The molecule has 0 aliphatic heterocycles. The van der Waals surface area contributed by atoms with Crippen molar-refractivity contribution < 1.29 is 9.53 Å². The third-order valence-electron chi connectivity index (χ3n) is 3.02. The van der Waals surface area contributed by atoms with Crippen LogP contribution in [0.25, 0.3) is 0 Å². The van der Waals surface area contributed by atoms with Crippen LogP contribution >= 0.6 is 23.2 Å². The van der Waals surface area contributed by atoms with Crippen molar-refractivity contribution in [1.29, 1.82) is 0 Å². The van der Waals surface area contributed by atoms with Gasteiger partial charge in [0, 0.05) is 11.4 Å². The van der Waals surface area contributed by atoms with Gasteiger partial charge in [0.1, 0.15) is 5.75 Å². The summed E-state index contributed by atoms with van der Waals surface area (Å²) in [6.45, 7) is 0. The van der Waals surface area contributed by atoms with E-state index in [1.54, 1.807) is 25.3 Å². The Bertz CT molecular complexity index is 644. The number of aryl methyl sites for hydroxylation is 1. The van der Waals surface area contributed by atoms with Crippen LogP contribution in [0.3, 0.4) is 0 Å². The lowest BCUT2D eigenvalue weighted by Gasteiger charge is -2.09. The second kappa shape index (κ2) is 7.34. The first kappa shape index (κ1) is 15.7. The van der Waals surface area contributed by atoms with Gasteiger partial charge >= 0.3 is 0 Å². The van der Waals surface area contributed by atoms with E-state index in [4.69, 9.17) is 27.9 Å². The number of nitrogens with one attached hydrogen (secondary N) is 1. The van der Waals surface area contributed by atoms with Gasteiger partial charge in [0.15, 0.2) is 0 Å². The van der Waals surface area contributed by atoms with E-state index in [0.717, 1.165) is 11.3 Å². The molecule has 0 atom stereocenters. The molecule has 0 aliphatic rings. The Morgan fingerprint density at radius 1 is 1.19 bits per heavy atom. The summed E-state index contributed by atoms with van der Waals surface area (Å²) in [5.41, 5.74) is 1.56. The third-order valence-corrected chi connectivity index (χ3v) is 3.57. The number of para-hydroxylation sites is 1. The summed E-state index contributed by atoms with van der Waals surface area (Å²) in [5.74, 6) is 0.681. The normalized spacial score (nSPS) is 10.2.